The van der Waals surface area contributed by atoms with Crippen molar-refractivity contribution in [2.45, 2.75) is 38.8 Å². The van der Waals surface area contributed by atoms with Crippen molar-refractivity contribution >= 4 is 23.0 Å². The van der Waals surface area contributed by atoms with E-state index in [0.717, 1.165) is 34.9 Å². The molecular weight excluding hydrogens is 360 g/mol. The third-order valence-electron chi connectivity index (χ3n) is 4.41. The van der Waals surface area contributed by atoms with Gasteiger partial charge in [-0.25, -0.2) is 0 Å². The number of ether oxygens (including phenoxy) is 3. The van der Waals surface area contributed by atoms with Gasteiger partial charge in [0, 0.05) is 23.7 Å². The highest BCUT2D eigenvalue weighted by molar-refractivity contribution is 7.80. The standard InChI is InChI=1S/C21H26N2O3S/c1-5-25-15-8-6-14(7-9-15)22-20(27)23-18-13-21(2,3)26-19-12-16(24-4)10-11-17(18)19/h6-12,18H,5,13H2,1-4H3,(H2,22,23,27). The first-order valence-corrected chi connectivity index (χ1v) is 9.48. The summed E-state index contributed by atoms with van der Waals surface area (Å²) < 4.78 is 16.9. The molecule has 1 unspecified atom stereocenters. The Morgan fingerprint density at radius 3 is 2.56 bits per heavy atom. The van der Waals surface area contributed by atoms with E-state index >= 15 is 0 Å². The molecule has 1 atom stereocenters. The third kappa shape index (κ3) is 4.83. The molecule has 0 aromatic heterocycles. The molecule has 1 heterocycles. The second-order valence-corrected chi connectivity index (χ2v) is 7.49. The molecule has 3 rings (SSSR count). The molecule has 0 saturated heterocycles. The molecule has 0 aliphatic carbocycles. The first-order chi connectivity index (χ1) is 12.9. The molecule has 2 N–H and O–H groups in total. The van der Waals surface area contributed by atoms with Crippen LogP contribution in [0.15, 0.2) is 42.5 Å². The maximum absolute atomic E-state index is 6.13. The monoisotopic (exact) mass is 386 g/mol. The Kier molecular flexibility index (Phi) is 5.75. The normalized spacial score (nSPS) is 17.3. The van der Waals surface area contributed by atoms with E-state index in [2.05, 4.69) is 24.5 Å². The van der Waals surface area contributed by atoms with Gasteiger partial charge in [0.25, 0.3) is 0 Å². The van der Waals surface area contributed by atoms with E-state index in [-0.39, 0.29) is 11.6 Å². The number of nitrogens with one attached hydrogen (secondary N) is 2. The zero-order valence-corrected chi connectivity index (χ0v) is 17.0. The predicted molar refractivity (Wildman–Crippen MR) is 112 cm³/mol. The van der Waals surface area contributed by atoms with Gasteiger partial charge in [0.05, 0.1) is 19.8 Å². The Morgan fingerprint density at radius 2 is 1.89 bits per heavy atom. The van der Waals surface area contributed by atoms with Crippen molar-refractivity contribution in [3.63, 3.8) is 0 Å². The third-order valence-corrected chi connectivity index (χ3v) is 4.63. The molecule has 1 aliphatic heterocycles. The highest BCUT2D eigenvalue weighted by atomic mass is 32.1. The van der Waals surface area contributed by atoms with E-state index in [1.165, 1.54) is 0 Å². The van der Waals surface area contributed by atoms with Crippen LogP contribution in [0.5, 0.6) is 17.2 Å². The maximum Gasteiger partial charge on any atom is 0.171 e. The van der Waals surface area contributed by atoms with Crippen molar-refractivity contribution in [1.82, 2.24) is 5.32 Å². The predicted octanol–water partition coefficient (Wildman–Crippen LogP) is 4.68. The molecule has 5 nitrogen and oxygen atoms in total. The molecule has 0 radical (unpaired) electrons. The van der Waals surface area contributed by atoms with Gasteiger partial charge in [-0.3, -0.25) is 0 Å². The van der Waals surface area contributed by atoms with Crippen LogP contribution >= 0.6 is 12.2 Å². The summed E-state index contributed by atoms with van der Waals surface area (Å²) in [4.78, 5) is 0. The van der Waals surface area contributed by atoms with Gasteiger partial charge >= 0.3 is 0 Å². The highest BCUT2D eigenvalue weighted by Crippen LogP contribution is 2.41. The van der Waals surface area contributed by atoms with Gasteiger partial charge in [-0.05, 0) is 69.4 Å². The Balaban J connectivity index is 1.71. The Labute approximate surface area is 166 Å². The van der Waals surface area contributed by atoms with E-state index in [0.29, 0.717) is 11.7 Å². The molecule has 1 aliphatic rings. The number of benzene rings is 2. The molecule has 0 fully saturated rings. The second kappa shape index (κ2) is 8.05. The number of anilines is 1. The number of thiocarbonyl (C=S) groups is 1. The minimum absolute atomic E-state index is 0.0531. The SMILES string of the molecule is CCOc1ccc(NC(=S)NC2CC(C)(C)Oc3cc(OC)ccc32)cc1. The fourth-order valence-electron chi connectivity index (χ4n) is 3.21. The van der Waals surface area contributed by atoms with Crippen molar-refractivity contribution in [3.8, 4) is 17.2 Å². The van der Waals surface area contributed by atoms with E-state index in [9.17, 15) is 0 Å². The molecule has 0 bridgehead atoms. The Hall–Kier alpha value is -2.47. The summed E-state index contributed by atoms with van der Waals surface area (Å²) in [6, 6.07) is 13.7. The number of methoxy groups -OCH3 is 1. The van der Waals surface area contributed by atoms with Crippen LogP contribution in [0, 0.1) is 0 Å². The number of hydrogen-bond donors (Lipinski definition) is 2. The summed E-state index contributed by atoms with van der Waals surface area (Å²) in [6.07, 6.45) is 0.803. The van der Waals surface area contributed by atoms with Crippen LogP contribution in [-0.2, 0) is 0 Å². The average Bonchev–Trinajstić information content (AvgIpc) is 2.62. The molecule has 0 saturated carbocycles. The maximum atomic E-state index is 6.13. The zero-order valence-electron chi connectivity index (χ0n) is 16.2. The number of hydrogen-bond acceptors (Lipinski definition) is 4. The van der Waals surface area contributed by atoms with Gasteiger partial charge in [0.1, 0.15) is 22.8 Å². The fraction of sp³-hybridized carbons (Fsp3) is 0.381. The van der Waals surface area contributed by atoms with Crippen molar-refractivity contribution in [1.29, 1.82) is 0 Å². The Bertz CT molecular complexity index is 806. The second-order valence-electron chi connectivity index (χ2n) is 7.08. The number of fused-ring (bicyclic) bond motifs is 1. The molecule has 0 spiro atoms. The molecule has 144 valence electrons. The highest BCUT2D eigenvalue weighted by Gasteiger charge is 2.34. The van der Waals surface area contributed by atoms with Gasteiger partial charge in [-0.15, -0.1) is 0 Å². The quantitative estimate of drug-likeness (QED) is 0.728. The first-order valence-electron chi connectivity index (χ1n) is 9.07. The van der Waals surface area contributed by atoms with Crippen LogP contribution in [0.1, 0.15) is 38.8 Å². The summed E-state index contributed by atoms with van der Waals surface area (Å²) in [7, 11) is 1.65. The van der Waals surface area contributed by atoms with Crippen molar-refractivity contribution < 1.29 is 14.2 Å². The minimum atomic E-state index is -0.300. The van der Waals surface area contributed by atoms with Gasteiger partial charge in [-0.2, -0.15) is 0 Å². The van der Waals surface area contributed by atoms with Crippen molar-refractivity contribution in [3.05, 3.63) is 48.0 Å². The summed E-state index contributed by atoms with van der Waals surface area (Å²) in [6.45, 7) is 6.77. The van der Waals surface area contributed by atoms with Gasteiger partial charge < -0.3 is 24.8 Å². The van der Waals surface area contributed by atoms with Crippen LogP contribution in [0.2, 0.25) is 0 Å². The molecule has 2 aromatic rings. The molecular formula is C21H26N2O3S. The lowest BCUT2D eigenvalue weighted by Gasteiger charge is -2.38. The molecule has 2 aromatic carbocycles. The van der Waals surface area contributed by atoms with E-state index < -0.39 is 0 Å². The van der Waals surface area contributed by atoms with Crippen LogP contribution in [0.3, 0.4) is 0 Å². The lowest BCUT2D eigenvalue weighted by Crippen LogP contribution is -2.42. The number of rotatable bonds is 5. The summed E-state index contributed by atoms with van der Waals surface area (Å²) in [5, 5.41) is 7.24. The zero-order chi connectivity index (χ0) is 19.4. The van der Waals surface area contributed by atoms with Gasteiger partial charge in [0.15, 0.2) is 5.11 Å². The van der Waals surface area contributed by atoms with E-state index in [4.69, 9.17) is 26.4 Å². The van der Waals surface area contributed by atoms with Crippen molar-refractivity contribution in [2.24, 2.45) is 0 Å². The molecule has 27 heavy (non-hydrogen) atoms. The van der Waals surface area contributed by atoms with Crippen molar-refractivity contribution in [2.75, 3.05) is 19.0 Å². The Morgan fingerprint density at radius 1 is 1.19 bits per heavy atom. The van der Waals surface area contributed by atoms with Crippen LogP contribution < -0.4 is 24.8 Å². The molecule has 6 heteroatoms. The minimum Gasteiger partial charge on any atom is -0.497 e. The van der Waals surface area contributed by atoms with Crippen LogP contribution in [0.4, 0.5) is 5.69 Å². The van der Waals surface area contributed by atoms with Gasteiger partial charge in [-0.1, -0.05) is 0 Å². The van der Waals surface area contributed by atoms with Crippen LogP contribution in [0.25, 0.3) is 0 Å². The van der Waals surface area contributed by atoms with E-state index in [1.54, 1.807) is 7.11 Å². The van der Waals surface area contributed by atoms with Gasteiger partial charge in [0.2, 0.25) is 0 Å². The largest absolute Gasteiger partial charge is 0.497 e. The first kappa shape index (κ1) is 19.3. The molecule has 0 amide bonds. The summed E-state index contributed by atoms with van der Waals surface area (Å²) in [5.41, 5.74) is 1.69. The summed E-state index contributed by atoms with van der Waals surface area (Å²) in [5.74, 6) is 2.45. The smallest absolute Gasteiger partial charge is 0.171 e. The fourth-order valence-corrected chi connectivity index (χ4v) is 3.47. The van der Waals surface area contributed by atoms with E-state index in [1.807, 2.05) is 49.4 Å². The average molecular weight is 387 g/mol. The van der Waals surface area contributed by atoms with Crippen LogP contribution in [-0.4, -0.2) is 24.4 Å². The topological polar surface area (TPSA) is 51.8 Å². The lowest BCUT2D eigenvalue weighted by molar-refractivity contribution is 0.0693. The lowest BCUT2D eigenvalue weighted by atomic mass is 9.89. The summed E-state index contributed by atoms with van der Waals surface area (Å²) >= 11 is 5.53.